The molecule has 0 amide bonds. The van der Waals surface area contributed by atoms with Gasteiger partial charge in [-0.15, -0.1) is 9.56 Å². The molecule has 4 N–H and O–H groups in total. The zero-order chi connectivity index (χ0) is 19.9. The van der Waals surface area contributed by atoms with E-state index in [1.807, 2.05) is 6.92 Å². The van der Waals surface area contributed by atoms with Crippen LogP contribution in [-0.4, -0.2) is 25.5 Å². The predicted octanol–water partition coefficient (Wildman–Crippen LogP) is 3.10. The van der Waals surface area contributed by atoms with E-state index < -0.39 is 16.3 Å². The van der Waals surface area contributed by atoms with Crippen LogP contribution >= 0.6 is 10.8 Å². The van der Waals surface area contributed by atoms with E-state index >= 15 is 0 Å². The summed E-state index contributed by atoms with van der Waals surface area (Å²) in [4.78, 5) is 21.8. The molecule has 9 heteroatoms. The number of nitrogens with one attached hydrogen (secondary N) is 1. The maximum Gasteiger partial charge on any atom is 0.312 e. The Labute approximate surface area is 163 Å². The molecule has 0 radical (unpaired) electrons. The molecule has 0 atom stereocenters. The van der Waals surface area contributed by atoms with Gasteiger partial charge in [0.1, 0.15) is 6.61 Å². The molecule has 0 spiro atoms. The van der Waals surface area contributed by atoms with Gasteiger partial charge >= 0.3 is 5.56 Å². The van der Waals surface area contributed by atoms with Crippen LogP contribution in [0.1, 0.15) is 18.9 Å². The van der Waals surface area contributed by atoms with Crippen LogP contribution in [0.3, 0.4) is 0 Å². The van der Waals surface area contributed by atoms with Gasteiger partial charge in [-0.05, 0) is 30.2 Å². The molecular weight excluding hydrogens is 382 g/mol. The zero-order valence-corrected chi connectivity index (χ0v) is 16.0. The zero-order valence-electron chi connectivity index (χ0n) is 15.2. The fourth-order valence-corrected chi connectivity index (χ4v) is 4.61. The number of para-hydroxylation sites is 1. The lowest BCUT2D eigenvalue weighted by atomic mass is 10.1. The van der Waals surface area contributed by atoms with Gasteiger partial charge in [-0.1, -0.05) is 48.0 Å². The molecule has 8 nitrogen and oxygen atoms in total. The van der Waals surface area contributed by atoms with E-state index in [1.54, 1.807) is 48.5 Å². The summed E-state index contributed by atoms with van der Waals surface area (Å²) in [6.45, 7) is 2.41. The number of fused-ring (bicyclic) bond motifs is 2. The Balaban J connectivity index is 1.91. The quantitative estimate of drug-likeness (QED) is 0.530. The maximum absolute atomic E-state index is 13.2. The van der Waals surface area contributed by atoms with E-state index in [4.69, 9.17) is 4.84 Å². The molecule has 0 fully saturated rings. The lowest BCUT2D eigenvalue weighted by Gasteiger charge is -2.44. The van der Waals surface area contributed by atoms with Crippen molar-refractivity contribution in [1.82, 2.24) is 9.56 Å². The van der Waals surface area contributed by atoms with Crippen LogP contribution in [0, 0.1) is 0 Å². The molecule has 1 aromatic heterocycles. The van der Waals surface area contributed by atoms with Crippen molar-refractivity contribution >= 4 is 27.4 Å². The molecule has 0 saturated heterocycles. The third kappa shape index (κ3) is 2.98. The number of nitrogens with zero attached hydrogens (tertiary/aromatic N) is 2. The first-order valence-electron chi connectivity index (χ1n) is 8.85. The van der Waals surface area contributed by atoms with E-state index in [1.165, 1.54) is 5.01 Å². The fourth-order valence-electron chi connectivity index (χ4n) is 3.28. The van der Waals surface area contributed by atoms with Gasteiger partial charge in [0.2, 0.25) is 0 Å². The van der Waals surface area contributed by atoms with E-state index in [0.717, 1.165) is 4.73 Å². The highest BCUT2D eigenvalue weighted by molar-refractivity contribution is 8.22. The summed E-state index contributed by atoms with van der Waals surface area (Å²) < 4.78 is 22.2. The second-order valence-corrected chi connectivity index (χ2v) is 8.20. The van der Waals surface area contributed by atoms with Crippen molar-refractivity contribution in [1.29, 1.82) is 0 Å². The highest BCUT2D eigenvalue weighted by atomic mass is 32.3. The highest BCUT2D eigenvalue weighted by Crippen LogP contribution is 2.50. The van der Waals surface area contributed by atoms with Crippen LogP contribution in [-0.2, 0) is 6.54 Å². The third-order valence-corrected chi connectivity index (χ3v) is 6.02. The first kappa shape index (κ1) is 18.6. The number of anilines is 1. The highest BCUT2D eigenvalue weighted by Gasteiger charge is 2.32. The molecule has 0 unspecified atom stereocenters. The van der Waals surface area contributed by atoms with Crippen LogP contribution < -0.4 is 20.2 Å². The Morgan fingerprint density at radius 3 is 2.64 bits per heavy atom. The van der Waals surface area contributed by atoms with E-state index in [-0.39, 0.29) is 18.0 Å². The Bertz CT molecular complexity index is 1100. The fraction of sp³-hybridized carbons (Fsp3) is 0.211. The monoisotopic (exact) mass is 403 g/mol. The van der Waals surface area contributed by atoms with Crippen molar-refractivity contribution in [2.24, 2.45) is 0 Å². The predicted molar refractivity (Wildman–Crippen MR) is 108 cm³/mol. The van der Waals surface area contributed by atoms with Crippen molar-refractivity contribution in [2.45, 2.75) is 24.8 Å². The number of hydrazine groups is 1. The van der Waals surface area contributed by atoms with Crippen LogP contribution in [0.2, 0.25) is 0 Å². The lowest BCUT2D eigenvalue weighted by Crippen LogP contribution is -2.46. The number of hydrogen-bond donors (Lipinski definition) is 4. The Morgan fingerprint density at radius 2 is 1.86 bits per heavy atom. The molecule has 1 aliphatic rings. The summed E-state index contributed by atoms with van der Waals surface area (Å²) in [5.41, 5.74) is 0.386. The number of rotatable bonds is 4. The van der Waals surface area contributed by atoms with Gasteiger partial charge in [-0.2, -0.15) is 0 Å². The smallest absolute Gasteiger partial charge is 0.312 e. The molecule has 0 aliphatic carbocycles. The molecule has 3 aromatic rings. The average molecular weight is 403 g/mol. The minimum atomic E-state index is -3.38. The number of aromatic hydroxyl groups is 1. The topological polar surface area (TPSA) is 107 Å². The van der Waals surface area contributed by atoms with Gasteiger partial charge < -0.3 is 9.94 Å². The van der Waals surface area contributed by atoms with Crippen LogP contribution in [0.25, 0.3) is 10.9 Å². The molecule has 1 aliphatic heterocycles. The van der Waals surface area contributed by atoms with Crippen molar-refractivity contribution in [3.63, 3.8) is 0 Å². The molecule has 2 aromatic carbocycles. The van der Waals surface area contributed by atoms with Crippen LogP contribution in [0.5, 0.6) is 5.75 Å². The van der Waals surface area contributed by atoms with Gasteiger partial charge in [0, 0.05) is 5.39 Å². The molecule has 2 heterocycles. The summed E-state index contributed by atoms with van der Waals surface area (Å²) in [7, 11) is -3.38. The minimum Gasteiger partial charge on any atom is -0.505 e. The van der Waals surface area contributed by atoms with Gasteiger partial charge in [0.05, 0.1) is 17.0 Å². The van der Waals surface area contributed by atoms with E-state index in [9.17, 15) is 19.0 Å². The number of hydrogen-bond acceptors (Lipinski definition) is 7. The number of benzene rings is 2. The summed E-state index contributed by atoms with van der Waals surface area (Å²) >= 11 is 0. The second kappa shape index (κ2) is 7.02. The second-order valence-electron chi connectivity index (χ2n) is 6.48. The van der Waals surface area contributed by atoms with Gasteiger partial charge in [0.25, 0.3) is 0 Å². The SMILES string of the molecule is CCCOn1c(=O)c(N2Cc3ccccc3S(O)(O)N2)c(O)c2ccccc21. The Morgan fingerprint density at radius 1 is 1.14 bits per heavy atom. The third-order valence-electron chi connectivity index (χ3n) is 4.53. The van der Waals surface area contributed by atoms with Crippen LogP contribution in [0.4, 0.5) is 5.69 Å². The number of pyridine rings is 1. The van der Waals surface area contributed by atoms with Crippen molar-refractivity contribution in [3.05, 3.63) is 64.4 Å². The summed E-state index contributed by atoms with van der Waals surface area (Å²) in [6.07, 6.45) is 0.701. The van der Waals surface area contributed by atoms with E-state index in [2.05, 4.69) is 4.83 Å². The number of aromatic nitrogens is 1. The normalized spacial score (nSPS) is 16.6. The molecule has 0 saturated carbocycles. The molecule has 28 heavy (non-hydrogen) atoms. The molecule has 148 valence electrons. The van der Waals surface area contributed by atoms with Crippen LogP contribution in [0.15, 0.2) is 58.2 Å². The average Bonchev–Trinajstić information content (AvgIpc) is 2.68. The maximum atomic E-state index is 13.2. The minimum absolute atomic E-state index is 0.107. The van der Waals surface area contributed by atoms with E-state index in [0.29, 0.717) is 34.4 Å². The summed E-state index contributed by atoms with van der Waals surface area (Å²) in [5.74, 6) is -0.251. The van der Waals surface area contributed by atoms with Crippen molar-refractivity contribution in [2.75, 3.05) is 11.6 Å². The van der Waals surface area contributed by atoms with Gasteiger partial charge in [-0.25, -0.2) is 0 Å². The largest absolute Gasteiger partial charge is 0.505 e. The lowest BCUT2D eigenvalue weighted by molar-refractivity contribution is 0.112. The molecule has 4 rings (SSSR count). The van der Waals surface area contributed by atoms with Gasteiger partial charge in [0.15, 0.2) is 11.4 Å². The standard InChI is InChI=1S/C19H21N3O5S/c1-2-11-27-22-15-9-5-4-8-14(15)18(23)17(19(22)24)21-12-13-7-3-6-10-16(13)28(25,26)20-21/h3-10,20,23,25-26H,2,11-12H2,1H3. The summed E-state index contributed by atoms with van der Waals surface area (Å²) in [6, 6.07) is 13.7. The first-order chi connectivity index (χ1) is 13.4. The Hall–Kier alpha value is -2.72. The molecular formula is C19H21N3O5S. The van der Waals surface area contributed by atoms with Crippen molar-refractivity contribution in [3.8, 4) is 5.75 Å². The molecule has 0 bridgehead atoms. The van der Waals surface area contributed by atoms with Crippen molar-refractivity contribution < 1.29 is 19.0 Å². The van der Waals surface area contributed by atoms with Gasteiger partial charge in [-0.3, -0.25) is 18.9 Å². The first-order valence-corrected chi connectivity index (χ1v) is 10.4. The Kier molecular flexibility index (Phi) is 4.68. The summed E-state index contributed by atoms with van der Waals surface area (Å²) in [5, 5.41) is 12.5.